The first-order chi connectivity index (χ1) is 10.2. The van der Waals surface area contributed by atoms with Crippen molar-refractivity contribution in [2.75, 3.05) is 6.54 Å². The number of thiophene rings is 1. The molecule has 0 bridgehead atoms. The van der Waals surface area contributed by atoms with E-state index in [0.717, 1.165) is 42.3 Å². The van der Waals surface area contributed by atoms with E-state index < -0.39 is 0 Å². The molecule has 1 aliphatic carbocycles. The van der Waals surface area contributed by atoms with Crippen LogP contribution in [0.2, 0.25) is 0 Å². The monoisotopic (exact) mass is 363 g/mol. The third-order valence-corrected chi connectivity index (χ3v) is 5.74. The first kappa shape index (κ1) is 14.8. The maximum Gasteiger partial charge on any atom is 0.230 e. The third kappa shape index (κ3) is 3.06. The van der Waals surface area contributed by atoms with Crippen LogP contribution in [0.3, 0.4) is 0 Å². The van der Waals surface area contributed by atoms with Crippen molar-refractivity contribution in [1.29, 1.82) is 0 Å². The molecule has 0 unspecified atom stereocenters. The molecule has 1 heterocycles. The van der Waals surface area contributed by atoms with E-state index in [0.29, 0.717) is 0 Å². The van der Waals surface area contributed by atoms with Crippen LogP contribution in [-0.2, 0) is 16.6 Å². The lowest BCUT2D eigenvalue weighted by Gasteiger charge is -2.40. The molecule has 1 aliphatic rings. The second kappa shape index (κ2) is 6.32. The molecule has 1 N–H and O–H groups in total. The predicted molar refractivity (Wildman–Crippen MR) is 90.7 cm³/mol. The summed E-state index contributed by atoms with van der Waals surface area (Å²) in [5.41, 5.74) is 0.849. The Bertz CT molecular complexity index is 602. The van der Waals surface area contributed by atoms with Crippen molar-refractivity contribution in [1.82, 2.24) is 5.32 Å². The number of benzene rings is 1. The first-order valence-electron chi connectivity index (χ1n) is 7.27. The minimum atomic E-state index is -0.295. The fraction of sp³-hybridized carbons (Fsp3) is 0.353. The first-order valence-corrected chi connectivity index (χ1v) is 8.95. The Hall–Kier alpha value is -1.13. The van der Waals surface area contributed by atoms with Crippen molar-refractivity contribution in [3.63, 3.8) is 0 Å². The van der Waals surface area contributed by atoms with Gasteiger partial charge < -0.3 is 5.32 Å². The highest BCUT2D eigenvalue weighted by molar-refractivity contribution is 9.10. The van der Waals surface area contributed by atoms with Crippen LogP contribution < -0.4 is 5.32 Å². The Labute approximate surface area is 137 Å². The summed E-state index contributed by atoms with van der Waals surface area (Å²) in [4.78, 5) is 14.0. The van der Waals surface area contributed by atoms with Crippen LogP contribution in [0.15, 0.2) is 46.3 Å². The molecule has 2 aromatic rings. The summed E-state index contributed by atoms with van der Waals surface area (Å²) in [7, 11) is 0. The van der Waals surface area contributed by atoms with Crippen molar-refractivity contribution in [3.8, 4) is 0 Å². The molecule has 1 saturated carbocycles. The summed E-state index contributed by atoms with van der Waals surface area (Å²) < 4.78 is 1.05. The molecule has 0 radical (unpaired) electrons. The SMILES string of the molecule is O=C(NCCc1cccs1)C1(c2ccc(Br)cc2)CCC1. The molecule has 4 heteroatoms. The Kier molecular flexibility index (Phi) is 4.45. The molecule has 0 saturated heterocycles. The van der Waals surface area contributed by atoms with Crippen LogP contribution in [0.5, 0.6) is 0 Å². The quantitative estimate of drug-likeness (QED) is 0.843. The van der Waals surface area contributed by atoms with Gasteiger partial charge in [0.05, 0.1) is 5.41 Å². The van der Waals surface area contributed by atoms with Crippen molar-refractivity contribution in [2.45, 2.75) is 31.1 Å². The molecule has 0 spiro atoms. The number of halogens is 1. The highest BCUT2D eigenvalue weighted by atomic mass is 79.9. The van der Waals surface area contributed by atoms with E-state index in [4.69, 9.17) is 0 Å². The average Bonchev–Trinajstić information content (AvgIpc) is 2.93. The summed E-state index contributed by atoms with van der Waals surface area (Å²) in [6.45, 7) is 0.720. The van der Waals surface area contributed by atoms with Crippen molar-refractivity contribution >= 4 is 33.2 Å². The molecule has 1 fully saturated rings. The largest absolute Gasteiger partial charge is 0.355 e. The number of hydrogen-bond donors (Lipinski definition) is 1. The van der Waals surface area contributed by atoms with Gasteiger partial charge in [-0.05, 0) is 48.4 Å². The fourth-order valence-electron chi connectivity index (χ4n) is 2.87. The summed E-state index contributed by atoms with van der Waals surface area (Å²) in [6, 6.07) is 12.4. The fourth-order valence-corrected chi connectivity index (χ4v) is 3.84. The van der Waals surface area contributed by atoms with E-state index in [1.54, 1.807) is 11.3 Å². The molecule has 3 rings (SSSR count). The summed E-state index contributed by atoms with van der Waals surface area (Å²) in [5.74, 6) is 0.188. The van der Waals surface area contributed by atoms with E-state index in [2.05, 4.69) is 50.9 Å². The molecule has 1 aromatic heterocycles. The van der Waals surface area contributed by atoms with Crippen LogP contribution in [-0.4, -0.2) is 12.5 Å². The lowest BCUT2D eigenvalue weighted by atomic mass is 9.64. The van der Waals surface area contributed by atoms with Gasteiger partial charge in [-0.2, -0.15) is 0 Å². The van der Waals surface area contributed by atoms with Gasteiger partial charge in [0, 0.05) is 15.9 Å². The number of rotatable bonds is 5. The van der Waals surface area contributed by atoms with Gasteiger partial charge in [0.15, 0.2) is 0 Å². The van der Waals surface area contributed by atoms with Gasteiger partial charge in [-0.3, -0.25) is 4.79 Å². The molecular weight excluding hydrogens is 346 g/mol. The van der Waals surface area contributed by atoms with Gasteiger partial charge in [-0.1, -0.05) is 40.5 Å². The molecule has 2 nitrogen and oxygen atoms in total. The maximum absolute atomic E-state index is 12.6. The molecular formula is C17H18BrNOS. The van der Waals surface area contributed by atoms with Gasteiger partial charge in [0.1, 0.15) is 0 Å². The minimum absolute atomic E-state index is 0.188. The molecule has 21 heavy (non-hydrogen) atoms. The highest BCUT2D eigenvalue weighted by Crippen LogP contribution is 2.44. The number of carbonyl (C=O) groups excluding carboxylic acids is 1. The van der Waals surface area contributed by atoms with E-state index in [1.165, 1.54) is 4.88 Å². The van der Waals surface area contributed by atoms with E-state index in [1.807, 2.05) is 12.1 Å². The van der Waals surface area contributed by atoms with Crippen LogP contribution in [0.1, 0.15) is 29.7 Å². The van der Waals surface area contributed by atoms with Crippen molar-refractivity contribution < 1.29 is 4.79 Å². The lowest BCUT2D eigenvalue weighted by molar-refractivity contribution is -0.129. The Balaban J connectivity index is 1.65. The minimum Gasteiger partial charge on any atom is -0.355 e. The van der Waals surface area contributed by atoms with E-state index >= 15 is 0 Å². The van der Waals surface area contributed by atoms with Crippen molar-refractivity contribution in [2.24, 2.45) is 0 Å². The number of hydrogen-bond acceptors (Lipinski definition) is 2. The van der Waals surface area contributed by atoms with Gasteiger partial charge >= 0.3 is 0 Å². The third-order valence-electron chi connectivity index (χ3n) is 4.28. The molecule has 110 valence electrons. The normalized spacial score (nSPS) is 16.2. The van der Waals surface area contributed by atoms with Gasteiger partial charge in [-0.25, -0.2) is 0 Å². The smallest absolute Gasteiger partial charge is 0.230 e. The standard InChI is InChI=1S/C17H18BrNOS/c18-14-6-4-13(5-7-14)17(9-2-10-17)16(20)19-11-8-15-3-1-12-21-15/h1,3-7,12H,2,8-11H2,(H,19,20). The summed E-state index contributed by atoms with van der Waals surface area (Å²) in [5, 5.41) is 5.21. The van der Waals surface area contributed by atoms with Crippen LogP contribution >= 0.6 is 27.3 Å². The molecule has 1 aromatic carbocycles. The van der Waals surface area contributed by atoms with Crippen LogP contribution in [0.4, 0.5) is 0 Å². The summed E-state index contributed by atoms with van der Waals surface area (Å²) in [6.07, 6.45) is 3.97. The van der Waals surface area contributed by atoms with Gasteiger partial charge in [0.2, 0.25) is 5.91 Å². The van der Waals surface area contributed by atoms with Gasteiger partial charge in [-0.15, -0.1) is 11.3 Å². The molecule has 0 aliphatic heterocycles. The predicted octanol–water partition coefficient (Wildman–Crippen LogP) is 4.29. The Morgan fingerprint density at radius 1 is 1.24 bits per heavy atom. The zero-order chi connectivity index (χ0) is 14.7. The zero-order valence-corrected chi connectivity index (χ0v) is 14.2. The number of amides is 1. The number of nitrogens with one attached hydrogen (secondary N) is 1. The molecule has 0 atom stereocenters. The highest BCUT2D eigenvalue weighted by Gasteiger charge is 2.45. The second-order valence-corrected chi connectivity index (χ2v) is 7.48. The second-order valence-electron chi connectivity index (χ2n) is 5.53. The topological polar surface area (TPSA) is 29.1 Å². The summed E-state index contributed by atoms with van der Waals surface area (Å²) >= 11 is 5.20. The average molecular weight is 364 g/mol. The Morgan fingerprint density at radius 2 is 2.00 bits per heavy atom. The zero-order valence-electron chi connectivity index (χ0n) is 11.8. The van der Waals surface area contributed by atoms with E-state index in [9.17, 15) is 4.79 Å². The number of carbonyl (C=O) groups is 1. The molecule has 1 amide bonds. The van der Waals surface area contributed by atoms with Crippen molar-refractivity contribution in [3.05, 3.63) is 56.7 Å². The Morgan fingerprint density at radius 3 is 2.57 bits per heavy atom. The van der Waals surface area contributed by atoms with Crippen LogP contribution in [0, 0.1) is 0 Å². The van der Waals surface area contributed by atoms with Crippen LogP contribution in [0.25, 0.3) is 0 Å². The maximum atomic E-state index is 12.6. The van der Waals surface area contributed by atoms with E-state index in [-0.39, 0.29) is 11.3 Å². The van der Waals surface area contributed by atoms with Gasteiger partial charge in [0.25, 0.3) is 0 Å². The lowest BCUT2D eigenvalue weighted by Crippen LogP contribution is -2.49.